The Hall–Kier alpha value is -0.963. The molecule has 0 aliphatic heterocycles. The highest BCUT2D eigenvalue weighted by atomic mass is 28.4. The standard InChI is InChI=1S/C12H24O7Si/c1-9(13)15-19-20(16-10(2)14,17-11(3,4)5)18-12(6,7)8/h1-8H3. The van der Waals surface area contributed by atoms with Gasteiger partial charge in [0, 0.05) is 13.8 Å². The summed E-state index contributed by atoms with van der Waals surface area (Å²) >= 11 is 0. The normalized spacial score (nSPS) is 13.0. The van der Waals surface area contributed by atoms with E-state index in [9.17, 15) is 9.59 Å². The third kappa shape index (κ3) is 9.02. The van der Waals surface area contributed by atoms with Crippen molar-refractivity contribution in [2.24, 2.45) is 0 Å². The van der Waals surface area contributed by atoms with Crippen molar-refractivity contribution in [3.05, 3.63) is 0 Å². The van der Waals surface area contributed by atoms with Crippen LogP contribution in [0.25, 0.3) is 0 Å². The zero-order valence-corrected chi connectivity index (χ0v) is 14.4. The van der Waals surface area contributed by atoms with Crippen LogP contribution in [0, 0.1) is 0 Å². The van der Waals surface area contributed by atoms with Crippen molar-refractivity contribution in [3.8, 4) is 0 Å². The van der Waals surface area contributed by atoms with Crippen molar-refractivity contribution in [1.82, 2.24) is 0 Å². The average molecular weight is 308 g/mol. The molecule has 0 fully saturated rings. The maximum absolute atomic E-state index is 11.3. The number of rotatable bonds is 5. The van der Waals surface area contributed by atoms with Crippen molar-refractivity contribution in [2.45, 2.75) is 66.6 Å². The van der Waals surface area contributed by atoms with Gasteiger partial charge in [-0.25, -0.2) is 4.79 Å². The summed E-state index contributed by atoms with van der Waals surface area (Å²) in [5.74, 6) is -1.36. The van der Waals surface area contributed by atoms with Crippen LogP contribution in [0.5, 0.6) is 0 Å². The molecule has 0 N–H and O–H groups in total. The van der Waals surface area contributed by atoms with E-state index < -0.39 is 32.2 Å². The third-order valence-corrected chi connectivity index (χ3v) is 3.94. The highest BCUT2D eigenvalue weighted by Crippen LogP contribution is 2.26. The zero-order valence-electron chi connectivity index (χ0n) is 13.4. The van der Waals surface area contributed by atoms with E-state index in [0.717, 1.165) is 6.92 Å². The molecular weight excluding hydrogens is 284 g/mol. The molecule has 0 rings (SSSR count). The summed E-state index contributed by atoms with van der Waals surface area (Å²) in [5, 5.41) is 0. The lowest BCUT2D eigenvalue weighted by Crippen LogP contribution is -2.57. The van der Waals surface area contributed by atoms with Crippen molar-refractivity contribution >= 4 is 21.0 Å². The minimum atomic E-state index is -3.98. The molecular formula is C12H24O7Si. The lowest BCUT2D eigenvalue weighted by atomic mass is 10.2. The molecule has 0 aromatic carbocycles. The first kappa shape index (κ1) is 19.0. The first-order chi connectivity index (χ1) is 8.75. The molecule has 0 aromatic heterocycles. The van der Waals surface area contributed by atoms with E-state index in [1.54, 1.807) is 41.5 Å². The van der Waals surface area contributed by atoms with E-state index in [1.165, 1.54) is 6.92 Å². The summed E-state index contributed by atoms with van der Waals surface area (Å²) < 4.78 is 21.3. The van der Waals surface area contributed by atoms with Gasteiger partial charge >= 0.3 is 15.0 Å². The van der Waals surface area contributed by atoms with E-state index >= 15 is 0 Å². The van der Waals surface area contributed by atoms with Crippen LogP contribution in [-0.4, -0.2) is 32.2 Å². The van der Waals surface area contributed by atoms with Crippen molar-refractivity contribution in [3.63, 3.8) is 0 Å². The summed E-state index contributed by atoms with van der Waals surface area (Å²) in [6.45, 7) is 12.8. The second kappa shape index (κ2) is 6.66. The molecule has 0 saturated carbocycles. The van der Waals surface area contributed by atoms with Crippen molar-refractivity contribution in [1.29, 1.82) is 0 Å². The van der Waals surface area contributed by atoms with Crippen molar-refractivity contribution in [2.75, 3.05) is 0 Å². The number of hydrogen-bond donors (Lipinski definition) is 0. The van der Waals surface area contributed by atoms with Gasteiger partial charge in [-0.15, -0.1) is 4.58 Å². The van der Waals surface area contributed by atoms with Gasteiger partial charge in [0.25, 0.3) is 5.97 Å². The highest BCUT2D eigenvalue weighted by molar-refractivity contribution is 6.55. The Morgan fingerprint density at radius 3 is 1.45 bits per heavy atom. The summed E-state index contributed by atoms with van der Waals surface area (Å²) in [6.07, 6.45) is 0. The summed E-state index contributed by atoms with van der Waals surface area (Å²) in [4.78, 5) is 26.7. The van der Waals surface area contributed by atoms with Crippen LogP contribution < -0.4 is 0 Å². The fourth-order valence-corrected chi connectivity index (χ4v) is 3.45. The maximum atomic E-state index is 11.3. The Morgan fingerprint density at radius 1 is 0.800 bits per heavy atom. The van der Waals surface area contributed by atoms with Crippen LogP contribution in [0.4, 0.5) is 0 Å². The fourth-order valence-electron chi connectivity index (χ4n) is 1.15. The maximum Gasteiger partial charge on any atom is 0.790 e. The molecule has 0 spiro atoms. The molecule has 0 unspecified atom stereocenters. The number of hydrogen-bond acceptors (Lipinski definition) is 7. The second-order valence-corrected chi connectivity index (χ2v) is 7.96. The van der Waals surface area contributed by atoms with E-state index in [2.05, 4.69) is 4.89 Å². The Bertz CT molecular complexity index is 338. The van der Waals surface area contributed by atoms with E-state index in [1.807, 2.05) is 0 Å². The van der Waals surface area contributed by atoms with Gasteiger partial charge in [0.2, 0.25) is 0 Å². The monoisotopic (exact) mass is 308 g/mol. The average Bonchev–Trinajstić information content (AvgIpc) is 2.07. The summed E-state index contributed by atoms with van der Waals surface area (Å²) in [5.41, 5.74) is -1.46. The van der Waals surface area contributed by atoms with Crippen molar-refractivity contribution < 1.29 is 32.3 Å². The van der Waals surface area contributed by atoms with E-state index in [-0.39, 0.29) is 0 Å². The van der Waals surface area contributed by atoms with Crippen LogP contribution in [0.3, 0.4) is 0 Å². The van der Waals surface area contributed by atoms with Gasteiger partial charge in [-0.1, -0.05) is 0 Å². The lowest BCUT2D eigenvalue weighted by Gasteiger charge is -2.35. The predicted octanol–water partition coefficient (Wildman–Crippen LogP) is 2.11. The highest BCUT2D eigenvalue weighted by Gasteiger charge is 2.58. The Balaban J connectivity index is 5.37. The minimum absolute atomic E-state index is 0.655. The van der Waals surface area contributed by atoms with Gasteiger partial charge in [-0.05, 0) is 41.5 Å². The Labute approximate surface area is 120 Å². The Morgan fingerprint density at radius 2 is 1.20 bits per heavy atom. The quantitative estimate of drug-likeness (QED) is 0.437. The lowest BCUT2D eigenvalue weighted by molar-refractivity contribution is -0.268. The zero-order chi connectivity index (χ0) is 16.2. The molecule has 8 heteroatoms. The molecule has 0 aliphatic rings. The van der Waals surface area contributed by atoms with Gasteiger partial charge in [0.1, 0.15) is 0 Å². The number of carbonyl (C=O) groups excluding carboxylic acids is 2. The van der Waals surface area contributed by atoms with Gasteiger partial charge in [0.15, 0.2) is 0 Å². The van der Waals surface area contributed by atoms with Gasteiger partial charge in [0.05, 0.1) is 11.2 Å². The van der Waals surface area contributed by atoms with Gasteiger partial charge < -0.3 is 18.2 Å². The molecule has 20 heavy (non-hydrogen) atoms. The molecule has 0 aromatic rings. The van der Waals surface area contributed by atoms with Crippen LogP contribution in [0.15, 0.2) is 0 Å². The number of carbonyl (C=O) groups is 2. The predicted molar refractivity (Wildman–Crippen MR) is 72.0 cm³/mol. The van der Waals surface area contributed by atoms with Crippen LogP contribution in [-0.2, 0) is 32.3 Å². The summed E-state index contributed by atoms with van der Waals surface area (Å²) in [7, 11) is -3.98. The molecule has 0 aliphatic carbocycles. The third-order valence-electron chi connectivity index (χ3n) is 1.39. The molecule has 0 heterocycles. The Kier molecular flexibility index (Phi) is 6.34. The SMILES string of the molecule is CC(=O)OO[Si](OC(C)=O)(OC(C)(C)C)OC(C)(C)C. The smallest absolute Gasteiger partial charge is 0.450 e. The molecule has 0 bridgehead atoms. The molecule has 7 nitrogen and oxygen atoms in total. The largest absolute Gasteiger partial charge is 0.790 e. The molecule has 0 amide bonds. The van der Waals surface area contributed by atoms with E-state index in [4.69, 9.17) is 17.9 Å². The molecule has 0 atom stereocenters. The first-order valence-electron chi connectivity index (χ1n) is 6.21. The first-order valence-corrected chi connectivity index (χ1v) is 7.84. The second-order valence-electron chi connectivity index (χ2n) is 6.18. The van der Waals surface area contributed by atoms with Crippen LogP contribution in [0.2, 0.25) is 0 Å². The molecule has 118 valence electrons. The molecule has 0 saturated heterocycles. The van der Waals surface area contributed by atoms with Gasteiger partial charge in [-0.3, -0.25) is 4.79 Å². The fraction of sp³-hybridized carbons (Fsp3) is 0.833. The van der Waals surface area contributed by atoms with Crippen LogP contribution in [0.1, 0.15) is 55.4 Å². The van der Waals surface area contributed by atoms with Gasteiger partial charge in [-0.2, -0.15) is 0 Å². The summed E-state index contributed by atoms with van der Waals surface area (Å²) in [6, 6.07) is 0. The molecule has 0 radical (unpaired) electrons. The minimum Gasteiger partial charge on any atom is -0.450 e. The van der Waals surface area contributed by atoms with Crippen LogP contribution >= 0.6 is 0 Å². The topological polar surface area (TPSA) is 80.3 Å². The van der Waals surface area contributed by atoms with E-state index in [0.29, 0.717) is 0 Å².